The van der Waals surface area contributed by atoms with Gasteiger partial charge in [0.15, 0.2) is 0 Å². The molecule has 108 valence electrons. The lowest BCUT2D eigenvalue weighted by atomic mass is 10.1. The van der Waals surface area contributed by atoms with Crippen molar-refractivity contribution in [1.82, 2.24) is 5.43 Å². The molecule has 0 heterocycles. The number of hydrogen-bond donors (Lipinski definition) is 2. The first kappa shape index (κ1) is 15.1. The van der Waals surface area contributed by atoms with Crippen molar-refractivity contribution < 1.29 is 4.79 Å². The highest BCUT2D eigenvalue weighted by atomic mass is 35.5. The molecule has 0 aromatic heterocycles. The summed E-state index contributed by atoms with van der Waals surface area (Å²) in [7, 11) is 0. The summed E-state index contributed by atoms with van der Waals surface area (Å²) < 4.78 is 0. The quantitative estimate of drug-likeness (QED) is 0.518. The summed E-state index contributed by atoms with van der Waals surface area (Å²) in [6.45, 7) is 1.82. The minimum atomic E-state index is -0.180. The summed E-state index contributed by atoms with van der Waals surface area (Å²) in [5.41, 5.74) is 11.4. The van der Waals surface area contributed by atoms with Crippen LogP contribution >= 0.6 is 11.6 Å². The van der Waals surface area contributed by atoms with Crippen molar-refractivity contribution in [3.63, 3.8) is 0 Å². The van der Waals surface area contributed by atoms with Gasteiger partial charge in [-0.1, -0.05) is 35.9 Å². The predicted molar refractivity (Wildman–Crippen MR) is 86.4 cm³/mol. The molecule has 0 aliphatic rings. The van der Waals surface area contributed by atoms with Crippen LogP contribution in [-0.2, 0) is 11.2 Å². The number of carbonyl (C=O) groups excluding carboxylic acids is 1. The lowest BCUT2D eigenvalue weighted by Gasteiger charge is -2.04. The number of hydrogen-bond acceptors (Lipinski definition) is 3. The van der Waals surface area contributed by atoms with Crippen molar-refractivity contribution in [2.24, 2.45) is 5.10 Å². The average Bonchev–Trinajstić information content (AvgIpc) is 2.47. The van der Waals surface area contributed by atoms with E-state index < -0.39 is 0 Å². The number of hydrazone groups is 1. The Morgan fingerprint density at radius 1 is 1.24 bits per heavy atom. The zero-order valence-electron chi connectivity index (χ0n) is 11.6. The molecule has 0 unspecified atom stereocenters. The number of carbonyl (C=O) groups is 1. The van der Waals surface area contributed by atoms with Gasteiger partial charge in [0.2, 0.25) is 5.91 Å². The van der Waals surface area contributed by atoms with Crippen LogP contribution < -0.4 is 11.2 Å². The average molecular weight is 302 g/mol. The maximum absolute atomic E-state index is 11.8. The van der Waals surface area contributed by atoms with Crippen LogP contribution in [0.5, 0.6) is 0 Å². The van der Waals surface area contributed by atoms with Crippen LogP contribution in [0.3, 0.4) is 0 Å². The highest BCUT2D eigenvalue weighted by molar-refractivity contribution is 6.30. The second kappa shape index (κ2) is 6.90. The Labute approximate surface area is 128 Å². The number of nitrogen functional groups attached to an aromatic ring is 1. The zero-order chi connectivity index (χ0) is 15.2. The maximum atomic E-state index is 11.8. The van der Waals surface area contributed by atoms with E-state index in [1.807, 2.05) is 37.3 Å². The maximum Gasteiger partial charge on any atom is 0.244 e. The van der Waals surface area contributed by atoms with Gasteiger partial charge in [0.25, 0.3) is 0 Å². The SMILES string of the molecule is C/C(=N\NC(=O)Cc1ccc(Cl)cc1)c1cccc(N)c1. The van der Waals surface area contributed by atoms with E-state index in [0.717, 1.165) is 11.1 Å². The number of nitrogens with one attached hydrogen (secondary N) is 1. The molecule has 0 saturated heterocycles. The Bertz CT molecular complexity index is 665. The third-order valence-corrected chi connectivity index (χ3v) is 3.18. The molecule has 0 bridgehead atoms. The van der Waals surface area contributed by atoms with Gasteiger partial charge in [-0.2, -0.15) is 5.10 Å². The molecule has 4 nitrogen and oxygen atoms in total. The molecule has 2 aromatic carbocycles. The molecule has 21 heavy (non-hydrogen) atoms. The third kappa shape index (κ3) is 4.61. The van der Waals surface area contributed by atoms with Gasteiger partial charge in [-0.25, -0.2) is 5.43 Å². The summed E-state index contributed by atoms with van der Waals surface area (Å²) in [6.07, 6.45) is 0.255. The second-order valence-corrected chi connectivity index (χ2v) is 5.10. The molecular formula is C16H16ClN3O. The Balaban J connectivity index is 1.96. The Morgan fingerprint density at radius 2 is 1.95 bits per heavy atom. The van der Waals surface area contributed by atoms with Crippen molar-refractivity contribution in [2.75, 3.05) is 5.73 Å². The molecule has 2 aromatic rings. The van der Waals surface area contributed by atoms with Crippen LogP contribution in [0, 0.1) is 0 Å². The fourth-order valence-corrected chi connectivity index (χ4v) is 1.93. The number of nitrogens with two attached hydrogens (primary N) is 1. The van der Waals surface area contributed by atoms with Crippen LogP contribution in [0.25, 0.3) is 0 Å². The first-order chi connectivity index (χ1) is 10.0. The number of anilines is 1. The van der Waals surface area contributed by atoms with Crippen LogP contribution in [0.4, 0.5) is 5.69 Å². The van der Waals surface area contributed by atoms with E-state index in [1.54, 1.807) is 18.2 Å². The van der Waals surface area contributed by atoms with Gasteiger partial charge in [-0.05, 0) is 42.3 Å². The molecule has 0 fully saturated rings. The van der Waals surface area contributed by atoms with Crippen LogP contribution in [0.15, 0.2) is 53.6 Å². The lowest BCUT2D eigenvalue weighted by molar-refractivity contribution is -0.120. The van der Waals surface area contributed by atoms with Gasteiger partial charge in [-0.15, -0.1) is 0 Å². The molecular weight excluding hydrogens is 286 g/mol. The summed E-state index contributed by atoms with van der Waals surface area (Å²) in [5, 5.41) is 4.73. The monoisotopic (exact) mass is 301 g/mol. The number of nitrogens with zero attached hydrogens (tertiary/aromatic N) is 1. The second-order valence-electron chi connectivity index (χ2n) is 4.66. The zero-order valence-corrected chi connectivity index (χ0v) is 12.4. The molecule has 0 saturated carbocycles. The van der Waals surface area contributed by atoms with E-state index in [4.69, 9.17) is 17.3 Å². The van der Waals surface area contributed by atoms with E-state index >= 15 is 0 Å². The summed E-state index contributed by atoms with van der Waals surface area (Å²) in [4.78, 5) is 11.8. The molecule has 0 atom stereocenters. The van der Waals surface area contributed by atoms with Gasteiger partial charge < -0.3 is 5.73 Å². The first-order valence-corrected chi connectivity index (χ1v) is 6.86. The Kier molecular flexibility index (Phi) is 4.95. The highest BCUT2D eigenvalue weighted by Gasteiger charge is 2.03. The molecule has 0 aliphatic carbocycles. The van der Waals surface area contributed by atoms with Crippen LogP contribution in [0.1, 0.15) is 18.1 Å². The van der Waals surface area contributed by atoms with E-state index in [-0.39, 0.29) is 12.3 Å². The summed E-state index contributed by atoms with van der Waals surface area (Å²) >= 11 is 5.80. The fourth-order valence-electron chi connectivity index (χ4n) is 1.80. The van der Waals surface area contributed by atoms with Crippen molar-refractivity contribution >= 4 is 28.9 Å². The fraction of sp³-hybridized carbons (Fsp3) is 0.125. The van der Waals surface area contributed by atoms with Crippen molar-refractivity contribution in [1.29, 1.82) is 0 Å². The first-order valence-electron chi connectivity index (χ1n) is 6.48. The van der Waals surface area contributed by atoms with Gasteiger partial charge in [0.05, 0.1) is 12.1 Å². The van der Waals surface area contributed by atoms with E-state index in [1.165, 1.54) is 0 Å². The van der Waals surface area contributed by atoms with E-state index in [0.29, 0.717) is 16.4 Å². The molecule has 1 amide bonds. The summed E-state index contributed by atoms with van der Waals surface area (Å²) in [6, 6.07) is 14.5. The van der Waals surface area contributed by atoms with Crippen molar-refractivity contribution in [2.45, 2.75) is 13.3 Å². The van der Waals surface area contributed by atoms with Crippen LogP contribution in [0.2, 0.25) is 5.02 Å². The van der Waals surface area contributed by atoms with E-state index in [2.05, 4.69) is 10.5 Å². The number of amides is 1. The molecule has 3 N–H and O–H groups in total. The number of halogens is 1. The minimum absolute atomic E-state index is 0.180. The molecule has 5 heteroatoms. The normalized spacial score (nSPS) is 11.2. The number of rotatable bonds is 4. The minimum Gasteiger partial charge on any atom is -0.399 e. The largest absolute Gasteiger partial charge is 0.399 e. The van der Waals surface area contributed by atoms with Gasteiger partial charge in [0, 0.05) is 10.7 Å². The van der Waals surface area contributed by atoms with Crippen molar-refractivity contribution in [3.05, 3.63) is 64.7 Å². The van der Waals surface area contributed by atoms with E-state index in [9.17, 15) is 4.79 Å². The topological polar surface area (TPSA) is 67.5 Å². The smallest absolute Gasteiger partial charge is 0.244 e. The lowest BCUT2D eigenvalue weighted by Crippen LogP contribution is -2.21. The summed E-state index contributed by atoms with van der Waals surface area (Å²) in [5.74, 6) is -0.180. The van der Waals surface area contributed by atoms with Gasteiger partial charge in [0.1, 0.15) is 0 Å². The van der Waals surface area contributed by atoms with Gasteiger partial charge in [-0.3, -0.25) is 4.79 Å². The standard InChI is InChI=1S/C16H16ClN3O/c1-11(13-3-2-4-15(18)10-13)19-20-16(21)9-12-5-7-14(17)8-6-12/h2-8,10H,9,18H2,1H3,(H,20,21)/b19-11+. The number of benzene rings is 2. The molecule has 0 aliphatic heterocycles. The predicted octanol–water partition coefficient (Wildman–Crippen LogP) is 3.01. The Hall–Kier alpha value is -2.33. The van der Waals surface area contributed by atoms with Crippen molar-refractivity contribution in [3.8, 4) is 0 Å². The van der Waals surface area contributed by atoms with Gasteiger partial charge >= 0.3 is 0 Å². The van der Waals surface area contributed by atoms with Crippen LogP contribution in [-0.4, -0.2) is 11.6 Å². The molecule has 2 rings (SSSR count). The third-order valence-electron chi connectivity index (χ3n) is 2.93. The Morgan fingerprint density at radius 3 is 2.62 bits per heavy atom. The molecule has 0 spiro atoms. The highest BCUT2D eigenvalue weighted by Crippen LogP contribution is 2.10. The molecule has 0 radical (unpaired) electrons.